The normalized spacial score (nSPS) is 38.9. The first-order chi connectivity index (χ1) is 16.7. The molecule has 0 aromatic carbocycles. The molecule has 5 fully saturated rings. The molecule has 5 aliphatic rings. The molecule has 7 atom stereocenters. The Balaban J connectivity index is 1.14. The van der Waals surface area contributed by atoms with E-state index < -0.39 is 11.7 Å². The number of hydrogen-bond donors (Lipinski definition) is 1. The maximum absolute atomic E-state index is 14.1. The van der Waals surface area contributed by atoms with Gasteiger partial charge in [0, 0.05) is 38.0 Å². The Morgan fingerprint density at radius 1 is 1.23 bits per heavy atom. The number of nitrogens with zero attached hydrogens (tertiary/aromatic N) is 3. The van der Waals surface area contributed by atoms with Crippen LogP contribution in [0.1, 0.15) is 57.4 Å². The molecule has 6 nitrogen and oxygen atoms in total. The molecule has 1 aromatic heterocycles. The molecule has 0 radical (unpaired) electrons. The van der Waals surface area contributed by atoms with Crippen molar-refractivity contribution in [3.63, 3.8) is 0 Å². The zero-order chi connectivity index (χ0) is 24.4. The van der Waals surface area contributed by atoms with E-state index in [-0.39, 0.29) is 17.5 Å². The highest BCUT2D eigenvalue weighted by molar-refractivity contribution is 5.85. The summed E-state index contributed by atoms with van der Waals surface area (Å²) in [4.78, 5) is 22.3. The number of alkyl halides is 3. The number of piperazine rings is 1. The van der Waals surface area contributed by atoms with Gasteiger partial charge >= 0.3 is 6.18 Å². The van der Waals surface area contributed by atoms with Crippen molar-refractivity contribution in [3.8, 4) is 0 Å². The summed E-state index contributed by atoms with van der Waals surface area (Å²) in [6.45, 7) is 4.99. The predicted molar refractivity (Wildman–Crippen MR) is 125 cm³/mol. The molecule has 3 saturated heterocycles. The van der Waals surface area contributed by atoms with Crippen LogP contribution >= 0.6 is 0 Å². The summed E-state index contributed by atoms with van der Waals surface area (Å²) < 4.78 is 45.2. The van der Waals surface area contributed by atoms with E-state index in [2.05, 4.69) is 22.1 Å². The maximum atomic E-state index is 14.1. The highest BCUT2D eigenvalue weighted by Crippen LogP contribution is 2.56. The number of fused-ring (bicyclic) bond motifs is 3. The SMILES string of the molecule is C[C@@H]1COCC[C@@H]1N[C@@H]1C[C@H]2CCC[C@@]2(C(=O)N2C[C@H]3C[C@H]2CN3c2cc(C(F)(F)F)ccn2)C1. The number of ether oxygens (including phenoxy) is 1. The lowest BCUT2D eigenvalue weighted by Gasteiger charge is -2.40. The highest BCUT2D eigenvalue weighted by Gasteiger charge is 2.59. The molecule has 2 aliphatic carbocycles. The molecule has 2 saturated carbocycles. The van der Waals surface area contributed by atoms with E-state index in [0.717, 1.165) is 70.3 Å². The number of pyridine rings is 1. The molecule has 3 aliphatic heterocycles. The molecule has 6 rings (SSSR count). The zero-order valence-electron chi connectivity index (χ0n) is 20.3. The third-order valence-corrected chi connectivity index (χ3v) is 9.52. The smallest absolute Gasteiger partial charge is 0.381 e. The van der Waals surface area contributed by atoms with Gasteiger partial charge in [-0.15, -0.1) is 0 Å². The van der Waals surface area contributed by atoms with Gasteiger partial charge in [-0.3, -0.25) is 4.79 Å². The number of carbonyl (C=O) groups excluding carboxylic acids is 1. The first-order valence-electron chi connectivity index (χ1n) is 13.2. The molecule has 2 bridgehead atoms. The summed E-state index contributed by atoms with van der Waals surface area (Å²) in [7, 11) is 0. The number of likely N-dealkylation sites (tertiary alicyclic amines) is 1. The van der Waals surface area contributed by atoms with Crippen molar-refractivity contribution in [2.75, 3.05) is 31.2 Å². The molecule has 192 valence electrons. The lowest BCUT2D eigenvalue weighted by Crippen LogP contribution is -2.54. The molecular formula is C26H35F3N4O2. The summed E-state index contributed by atoms with van der Waals surface area (Å²) >= 11 is 0. The Hall–Kier alpha value is -1.87. The Morgan fingerprint density at radius 3 is 2.83 bits per heavy atom. The van der Waals surface area contributed by atoms with Crippen LogP contribution in [0.4, 0.5) is 19.0 Å². The summed E-state index contributed by atoms with van der Waals surface area (Å²) in [6.07, 6.45) is 3.86. The third kappa shape index (κ3) is 4.02. The van der Waals surface area contributed by atoms with Crippen molar-refractivity contribution in [1.82, 2.24) is 15.2 Å². The average Bonchev–Trinajstić information content (AvgIpc) is 3.59. The molecular weight excluding hydrogens is 457 g/mol. The number of anilines is 1. The third-order valence-electron chi connectivity index (χ3n) is 9.52. The van der Waals surface area contributed by atoms with Crippen molar-refractivity contribution in [3.05, 3.63) is 23.9 Å². The van der Waals surface area contributed by atoms with Crippen LogP contribution in [0.2, 0.25) is 0 Å². The van der Waals surface area contributed by atoms with Gasteiger partial charge in [0.15, 0.2) is 0 Å². The van der Waals surface area contributed by atoms with Crippen LogP contribution in [-0.2, 0) is 15.7 Å². The largest absolute Gasteiger partial charge is 0.416 e. The fraction of sp³-hybridized carbons (Fsp3) is 0.769. The van der Waals surface area contributed by atoms with Crippen molar-refractivity contribution in [2.24, 2.45) is 17.3 Å². The van der Waals surface area contributed by atoms with Crippen LogP contribution in [0.15, 0.2) is 18.3 Å². The topological polar surface area (TPSA) is 57.7 Å². The Bertz CT molecular complexity index is 974. The molecule has 1 N–H and O–H groups in total. The van der Waals surface area contributed by atoms with Gasteiger partial charge in [-0.2, -0.15) is 13.2 Å². The van der Waals surface area contributed by atoms with Crippen molar-refractivity contribution < 1.29 is 22.7 Å². The Morgan fingerprint density at radius 2 is 2.09 bits per heavy atom. The molecule has 0 unspecified atom stereocenters. The molecule has 4 heterocycles. The molecule has 35 heavy (non-hydrogen) atoms. The standard InChI is InChI=1S/C26H35F3N4O2/c1-16-15-35-8-5-22(16)31-19-9-17-3-2-6-25(17,12-19)24(34)33-14-20-11-21(33)13-32(20)23-10-18(4-7-30-23)26(27,28)29/h4,7,10,16-17,19-22,31H,2-3,5-6,8-9,11-15H2,1H3/t16-,17-,19-,20-,21+,22+,25-/m1/s1. The fourth-order valence-corrected chi connectivity index (χ4v) is 7.78. The number of carbonyl (C=O) groups is 1. The zero-order valence-corrected chi connectivity index (χ0v) is 20.3. The molecule has 0 spiro atoms. The van der Waals surface area contributed by atoms with Crippen molar-refractivity contribution >= 4 is 11.7 Å². The van der Waals surface area contributed by atoms with Crippen LogP contribution in [0.5, 0.6) is 0 Å². The average molecular weight is 493 g/mol. The maximum Gasteiger partial charge on any atom is 0.416 e. The second kappa shape index (κ2) is 8.61. The predicted octanol–water partition coefficient (Wildman–Crippen LogP) is 3.85. The minimum Gasteiger partial charge on any atom is -0.381 e. The van der Waals surface area contributed by atoms with E-state index in [1.165, 1.54) is 6.20 Å². The van der Waals surface area contributed by atoms with E-state index in [0.29, 0.717) is 48.7 Å². The van der Waals surface area contributed by atoms with Crippen molar-refractivity contribution in [2.45, 2.75) is 82.2 Å². The number of halogens is 3. The number of rotatable bonds is 4. The summed E-state index contributed by atoms with van der Waals surface area (Å²) in [5, 5.41) is 3.89. The lowest BCUT2D eigenvalue weighted by molar-refractivity contribution is -0.144. The minimum absolute atomic E-state index is 0.0367. The quantitative estimate of drug-likeness (QED) is 0.692. The second-order valence-electron chi connectivity index (χ2n) is 11.5. The molecule has 1 aromatic rings. The van der Waals surface area contributed by atoms with Gasteiger partial charge in [0.25, 0.3) is 0 Å². The first-order valence-corrected chi connectivity index (χ1v) is 13.2. The van der Waals surface area contributed by atoms with Crippen LogP contribution < -0.4 is 10.2 Å². The number of hydrogen-bond acceptors (Lipinski definition) is 5. The van der Waals surface area contributed by atoms with Crippen LogP contribution in [-0.4, -0.2) is 66.3 Å². The summed E-state index contributed by atoms with van der Waals surface area (Å²) in [6, 6.07) is 3.08. The summed E-state index contributed by atoms with van der Waals surface area (Å²) in [5.74, 6) is 1.59. The van der Waals surface area contributed by atoms with Gasteiger partial charge in [0.2, 0.25) is 5.91 Å². The number of aromatic nitrogens is 1. The second-order valence-corrected chi connectivity index (χ2v) is 11.5. The van der Waals surface area contributed by atoms with E-state index in [4.69, 9.17) is 4.74 Å². The lowest BCUT2D eigenvalue weighted by atomic mass is 9.78. The van der Waals surface area contributed by atoms with Gasteiger partial charge < -0.3 is 19.9 Å². The van der Waals surface area contributed by atoms with Gasteiger partial charge in [0.05, 0.1) is 29.7 Å². The minimum atomic E-state index is -4.38. The Labute approximate surface area is 204 Å². The van der Waals surface area contributed by atoms with Crippen LogP contribution in [0.25, 0.3) is 0 Å². The van der Waals surface area contributed by atoms with Crippen LogP contribution in [0, 0.1) is 17.3 Å². The van der Waals surface area contributed by atoms with Gasteiger partial charge in [-0.25, -0.2) is 4.98 Å². The Kier molecular flexibility index (Phi) is 5.79. The molecule has 9 heteroatoms. The van der Waals surface area contributed by atoms with E-state index in [9.17, 15) is 18.0 Å². The fourth-order valence-electron chi connectivity index (χ4n) is 7.78. The first kappa shape index (κ1) is 23.5. The van der Waals surface area contributed by atoms with Crippen LogP contribution in [0.3, 0.4) is 0 Å². The van der Waals surface area contributed by atoms with Gasteiger partial charge in [-0.1, -0.05) is 13.3 Å². The summed E-state index contributed by atoms with van der Waals surface area (Å²) in [5.41, 5.74) is -0.940. The van der Waals surface area contributed by atoms with Gasteiger partial charge in [-0.05, 0) is 62.5 Å². The molecule has 1 amide bonds. The van der Waals surface area contributed by atoms with E-state index in [1.807, 2.05) is 4.90 Å². The van der Waals surface area contributed by atoms with E-state index in [1.54, 1.807) is 0 Å². The number of amides is 1. The van der Waals surface area contributed by atoms with E-state index >= 15 is 0 Å². The van der Waals surface area contributed by atoms with Crippen molar-refractivity contribution in [1.29, 1.82) is 0 Å². The monoisotopic (exact) mass is 492 g/mol. The van der Waals surface area contributed by atoms with Gasteiger partial charge in [0.1, 0.15) is 5.82 Å². The highest BCUT2D eigenvalue weighted by atomic mass is 19.4. The number of nitrogens with one attached hydrogen (secondary N) is 1.